The lowest BCUT2D eigenvalue weighted by Crippen LogP contribution is -3.14. The lowest BCUT2D eigenvalue weighted by molar-refractivity contribution is -0.899. The molecule has 1 aliphatic carbocycles. The predicted molar refractivity (Wildman–Crippen MR) is 105 cm³/mol. The molecule has 3 rings (SSSR count). The third kappa shape index (κ3) is 4.35. The first-order valence-electron chi connectivity index (χ1n) is 10.2. The number of imide groups is 1. The van der Waals surface area contributed by atoms with E-state index >= 15 is 0 Å². The number of hydrogen-bond acceptors (Lipinski definition) is 4. The summed E-state index contributed by atoms with van der Waals surface area (Å²) in [6.07, 6.45) is 4.51. The molecular formula is C21H30N3O4+. The number of fused-ring (bicyclic) bond motifs is 1. The Kier molecular flexibility index (Phi) is 6.67. The highest BCUT2D eigenvalue weighted by atomic mass is 16.5. The second kappa shape index (κ2) is 9.19. The minimum Gasteiger partial charge on any atom is -0.495 e. The first-order chi connectivity index (χ1) is 13.5. The van der Waals surface area contributed by atoms with E-state index in [1.54, 1.807) is 19.2 Å². The van der Waals surface area contributed by atoms with E-state index in [2.05, 4.69) is 5.32 Å². The second-order valence-electron chi connectivity index (χ2n) is 7.69. The van der Waals surface area contributed by atoms with Crippen LogP contribution in [0.2, 0.25) is 0 Å². The number of anilines is 1. The number of carbonyl (C=O) groups excluding carboxylic acids is 3. The van der Waals surface area contributed by atoms with Crippen LogP contribution in [0.4, 0.5) is 5.69 Å². The van der Waals surface area contributed by atoms with E-state index in [1.807, 2.05) is 19.1 Å². The summed E-state index contributed by atoms with van der Waals surface area (Å²) in [6.45, 7) is 3.20. The average molecular weight is 388 g/mol. The number of para-hydroxylation sites is 2. The molecule has 2 N–H and O–H groups in total. The van der Waals surface area contributed by atoms with Crippen molar-refractivity contribution in [2.45, 2.75) is 39.0 Å². The van der Waals surface area contributed by atoms with Crippen molar-refractivity contribution in [3.05, 3.63) is 24.3 Å². The first-order valence-corrected chi connectivity index (χ1v) is 10.2. The second-order valence-corrected chi connectivity index (χ2v) is 7.69. The van der Waals surface area contributed by atoms with Crippen molar-refractivity contribution in [3.63, 3.8) is 0 Å². The summed E-state index contributed by atoms with van der Waals surface area (Å²) in [6, 6.07) is 7.25. The number of quaternary nitrogens is 1. The average Bonchev–Trinajstić information content (AvgIpc) is 2.94. The molecule has 0 bridgehead atoms. The maximum absolute atomic E-state index is 12.7. The van der Waals surface area contributed by atoms with E-state index in [-0.39, 0.29) is 42.8 Å². The van der Waals surface area contributed by atoms with Gasteiger partial charge in [0, 0.05) is 0 Å². The maximum Gasteiger partial charge on any atom is 0.279 e. The van der Waals surface area contributed by atoms with E-state index in [0.29, 0.717) is 18.0 Å². The maximum atomic E-state index is 12.7. The van der Waals surface area contributed by atoms with Gasteiger partial charge in [0.15, 0.2) is 13.2 Å². The van der Waals surface area contributed by atoms with Gasteiger partial charge in [0.25, 0.3) is 5.91 Å². The Bertz CT molecular complexity index is 712. The fraction of sp³-hybridized carbons (Fsp3) is 0.571. The molecule has 2 aliphatic rings. The highest BCUT2D eigenvalue weighted by Crippen LogP contribution is 2.37. The van der Waals surface area contributed by atoms with Gasteiger partial charge in [0.2, 0.25) is 11.8 Å². The van der Waals surface area contributed by atoms with Crippen LogP contribution < -0.4 is 15.0 Å². The van der Waals surface area contributed by atoms with Gasteiger partial charge in [-0.05, 0) is 31.4 Å². The van der Waals surface area contributed by atoms with Crippen molar-refractivity contribution in [2.75, 3.05) is 32.2 Å². The fourth-order valence-electron chi connectivity index (χ4n) is 4.36. The van der Waals surface area contributed by atoms with Gasteiger partial charge in [0.05, 0.1) is 31.2 Å². The lowest BCUT2D eigenvalue weighted by atomic mass is 9.81. The smallest absolute Gasteiger partial charge is 0.279 e. The number of carbonyl (C=O) groups is 3. The van der Waals surface area contributed by atoms with Crippen LogP contribution >= 0.6 is 0 Å². The summed E-state index contributed by atoms with van der Waals surface area (Å²) in [5.41, 5.74) is 0.616. The number of benzene rings is 1. The Hall–Kier alpha value is -2.41. The molecule has 1 saturated heterocycles. The molecule has 1 heterocycles. The molecule has 152 valence electrons. The van der Waals surface area contributed by atoms with E-state index in [0.717, 1.165) is 37.0 Å². The minimum absolute atomic E-state index is 0.0477. The molecular weight excluding hydrogens is 358 g/mol. The zero-order valence-electron chi connectivity index (χ0n) is 16.7. The van der Waals surface area contributed by atoms with Crippen LogP contribution in [0.25, 0.3) is 0 Å². The highest BCUT2D eigenvalue weighted by molar-refractivity contribution is 6.05. The first kappa shape index (κ1) is 20.3. The number of hydrogen-bond donors (Lipinski definition) is 2. The Morgan fingerprint density at radius 3 is 2.43 bits per heavy atom. The molecule has 7 heteroatoms. The third-order valence-electron chi connectivity index (χ3n) is 5.71. The number of nitrogens with zero attached hydrogens (tertiary/aromatic N) is 1. The molecule has 2 fully saturated rings. The molecule has 28 heavy (non-hydrogen) atoms. The number of likely N-dealkylation sites (tertiary alicyclic amines) is 1. The Balaban J connectivity index is 1.64. The molecule has 1 saturated carbocycles. The van der Waals surface area contributed by atoms with Crippen LogP contribution in [-0.4, -0.2) is 49.5 Å². The molecule has 3 atom stereocenters. The molecule has 1 unspecified atom stereocenters. The summed E-state index contributed by atoms with van der Waals surface area (Å²) in [7, 11) is 1.56. The molecule has 3 amide bonds. The van der Waals surface area contributed by atoms with Gasteiger partial charge in [-0.3, -0.25) is 14.4 Å². The Labute approximate surface area is 166 Å². The van der Waals surface area contributed by atoms with Crippen LogP contribution in [0.1, 0.15) is 39.0 Å². The van der Waals surface area contributed by atoms with E-state index in [4.69, 9.17) is 4.74 Å². The van der Waals surface area contributed by atoms with Crippen molar-refractivity contribution in [1.82, 2.24) is 4.90 Å². The van der Waals surface area contributed by atoms with Crippen molar-refractivity contribution in [3.8, 4) is 5.75 Å². The highest BCUT2D eigenvalue weighted by Gasteiger charge is 2.49. The summed E-state index contributed by atoms with van der Waals surface area (Å²) in [5, 5.41) is 2.87. The van der Waals surface area contributed by atoms with Gasteiger partial charge >= 0.3 is 0 Å². The molecule has 1 aromatic carbocycles. The number of amides is 3. The minimum atomic E-state index is -0.163. The van der Waals surface area contributed by atoms with Gasteiger partial charge in [-0.2, -0.15) is 0 Å². The molecule has 0 radical (unpaired) electrons. The zero-order valence-corrected chi connectivity index (χ0v) is 16.7. The van der Waals surface area contributed by atoms with E-state index in [9.17, 15) is 14.4 Å². The van der Waals surface area contributed by atoms with Gasteiger partial charge in [0.1, 0.15) is 5.75 Å². The van der Waals surface area contributed by atoms with E-state index in [1.165, 1.54) is 4.90 Å². The lowest BCUT2D eigenvalue weighted by Gasteiger charge is -2.23. The molecule has 0 spiro atoms. The number of rotatable bonds is 8. The topological polar surface area (TPSA) is 80.2 Å². The fourth-order valence-corrected chi connectivity index (χ4v) is 4.36. The van der Waals surface area contributed by atoms with Crippen molar-refractivity contribution >= 4 is 23.4 Å². The largest absolute Gasteiger partial charge is 0.495 e. The van der Waals surface area contributed by atoms with Crippen LogP contribution in [0.3, 0.4) is 0 Å². The molecule has 7 nitrogen and oxygen atoms in total. The van der Waals surface area contributed by atoms with E-state index < -0.39 is 0 Å². The van der Waals surface area contributed by atoms with Gasteiger partial charge in [-0.25, -0.2) is 4.90 Å². The summed E-state index contributed by atoms with van der Waals surface area (Å²) < 4.78 is 5.27. The van der Waals surface area contributed by atoms with Crippen LogP contribution in [0.5, 0.6) is 5.75 Å². The standard InChI is InChI=1S/C21H29N3O4/c1-3-12-23(13-19(25)22-17-10-6-7-11-18(17)28-2)14-24-20(26)15-8-4-5-9-16(15)21(24)27/h6-7,10-11,15-16H,3-5,8-9,12-14H2,1-2H3,(H,22,25)/p+1/t15-,16-/m0/s1. The molecule has 1 aliphatic heterocycles. The number of nitrogens with one attached hydrogen (secondary N) is 2. The monoisotopic (exact) mass is 388 g/mol. The third-order valence-corrected chi connectivity index (χ3v) is 5.71. The molecule has 1 aromatic rings. The number of ether oxygens (including phenoxy) is 1. The summed E-state index contributed by atoms with van der Waals surface area (Å²) in [4.78, 5) is 40.3. The van der Waals surface area contributed by atoms with Crippen molar-refractivity contribution in [1.29, 1.82) is 0 Å². The van der Waals surface area contributed by atoms with Crippen molar-refractivity contribution < 1.29 is 24.0 Å². The predicted octanol–water partition coefficient (Wildman–Crippen LogP) is 1.06. The Morgan fingerprint density at radius 1 is 1.18 bits per heavy atom. The zero-order chi connectivity index (χ0) is 20.1. The number of methoxy groups -OCH3 is 1. The van der Waals surface area contributed by atoms with Gasteiger partial charge in [-0.15, -0.1) is 0 Å². The molecule has 0 aromatic heterocycles. The SMILES string of the molecule is CCC[NH+](CC(=O)Nc1ccccc1OC)CN1C(=O)[C@H]2CCCC[C@@H]2C1=O. The summed E-state index contributed by atoms with van der Waals surface area (Å²) in [5.74, 6) is 0.0475. The van der Waals surface area contributed by atoms with Gasteiger partial charge < -0.3 is 15.0 Å². The Morgan fingerprint density at radius 2 is 1.82 bits per heavy atom. The van der Waals surface area contributed by atoms with Gasteiger partial charge in [-0.1, -0.05) is 31.9 Å². The summed E-state index contributed by atoms with van der Waals surface area (Å²) >= 11 is 0. The van der Waals surface area contributed by atoms with Crippen LogP contribution in [0.15, 0.2) is 24.3 Å². The quantitative estimate of drug-likeness (QED) is 0.653. The van der Waals surface area contributed by atoms with Crippen LogP contribution in [0, 0.1) is 11.8 Å². The van der Waals surface area contributed by atoms with Crippen molar-refractivity contribution in [2.24, 2.45) is 11.8 Å². The van der Waals surface area contributed by atoms with Crippen LogP contribution in [-0.2, 0) is 14.4 Å². The normalized spacial score (nSPS) is 22.7.